The smallest absolute Gasteiger partial charge is 0.243 e. The van der Waals surface area contributed by atoms with Gasteiger partial charge in [-0.3, -0.25) is 9.10 Å². The lowest BCUT2D eigenvalue weighted by Crippen LogP contribution is -2.48. The van der Waals surface area contributed by atoms with Crippen LogP contribution >= 0.6 is 11.8 Å². The van der Waals surface area contributed by atoms with Crippen molar-refractivity contribution in [3.8, 4) is 0 Å². The number of sulfonamides is 1. The van der Waals surface area contributed by atoms with E-state index in [1.807, 2.05) is 11.8 Å². The Kier molecular flexibility index (Phi) is 7.76. The Balaban J connectivity index is 1.94. The monoisotopic (exact) mass is 402 g/mol. The zero-order valence-electron chi connectivity index (χ0n) is 15.3. The summed E-state index contributed by atoms with van der Waals surface area (Å²) in [4.78, 5) is 12.4. The van der Waals surface area contributed by atoms with Gasteiger partial charge in [-0.15, -0.1) is 0 Å². The highest BCUT2D eigenvalue weighted by Crippen LogP contribution is 2.28. The zero-order chi connectivity index (χ0) is 19.2. The number of nitrogens with one attached hydrogen (secondary N) is 1. The molecule has 26 heavy (non-hydrogen) atoms. The van der Waals surface area contributed by atoms with Gasteiger partial charge in [0.25, 0.3) is 0 Å². The van der Waals surface area contributed by atoms with Crippen LogP contribution in [0.1, 0.15) is 39.0 Å². The van der Waals surface area contributed by atoms with Crippen LogP contribution in [-0.4, -0.2) is 44.2 Å². The van der Waals surface area contributed by atoms with Crippen LogP contribution < -0.4 is 9.62 Å². The molecular weight excluding hydrogens is 375 g/mol. The summed E-state index contributed by atoms with van der Waals surface area (Å²) in [5, 5.41) is 3.43. The molecule has 5 nitrogen and oxygen atoms in total. The molecule has 0 aliphatic heterocycles. The van der Waals surface area contributed by atoms with Gasteiger partial charge in [-0.25, -0.2) is 12.8 Å². The number of hydrogen-bond acceptors (Lipinski definition) is 4. The van der Waals surface area contributed by atoms with E-state index in [0.29, 0.717) is 11.8 Å². The second kappa shape index (κ2) is 9.60. The Bertz CT molecular complexity index is 706. The van der Waals surface area contributed by atoms with Crippen LogP contribution in [-0.2, 0) is 14.8 Å². The van der Waals surface area contributed by atoms with Gasteiger partial charge in [0.1, 0.15) is 11.9 Å². The fraction of sp³-hybridized carbons (Fsp3) is 0.611. The highest BCUT2D eigenvalue weighted by atomic mass is 32.2. The van der Waals surface area contributed by atoms with Gasteiger partial charge in [0.05, 0.1) is 11.9 Å². The normalized spacial score (nSPS) is 16.9. The van der Waals surface area contributed by atoms with Crippen LogP contribution in [0.4, 0.5) is 10.1 Å². The van der Waals surface area contributed by atoms with Crippen molar-refractivity contribution in [1.29, 1.82) is 0 Å². The topological polar surface area (TPSA) is 66.5 Å². The number of rotatable bonds is 8. The summed E-state index contributed by atoms with van der Waals surface area (Å²) in [6, 6.07) is 4.54. The minimum Gasteiger partial charge on any atom is -0.353 e. The molecule has 1 N–H and O–H groups in total. The van der Waals surface area contributed by atoms with Crippen molar-refractivity contribution in [2.45, 2.75) is 50.3 Å². The molecule has 1 aromatic rings. The largest absolute Gasteiger partial charge is 0.353 e. The summed E-state index contributed by atoms with van der Waals surface area (Å²) < 4.78 is 39.2. The van der Waals surface area contributed by atoms with E-state index in [9.17, 15) is 17.6 Å². The van der Waals surface area contributed by atoms with Gasteiger partial charge in [-0.1, -0.05) is 31.4 Å². The zero-order valence-corrected chi connectivity index (χ0v) is 16.9. The number of carbonyl (C=O) groups is 1. The minimum atomic E-state index is -3.81. The summed E-state index contributed by atoms with van der Waals surface area (Å²) in [6.45, 7) is 1.94. The third-order valence-electron chi connectivity index (χ3n) is 4.49. The second-order valence-corrected chi connectivity index (χ2v) is 9.88. The molecule has 1 amide bonds. The van der Waals surface area contributed by atoms with Gasteiger partial charge >= 0.3 is 0 Å². The van der Waals surface area contributed by atoms with Gasteiger partial charge in [0.2, 0.25) is 15.9 Å². The molecule has 1 aliphatic rings. The first-order chi connectivity index (χ1) is 12.3. The van der Waals surface area contributed by atoms with Gasteiger partial charge < -0.3 is 5.32 Å². The van der Waals surface area contributed by atoms with Crippen LogP contribution in [0.15, 0.2) is 24.3 Å². The molecule has 0 heterocycles. The van der Waals surface area contributed by atoms with E-state index in [0.717, 1.165) is 16.3 Å². The molecule has 0 radical (unpaired) electrons. The number of nitrogens with zero attached hydrogens (tertiary/aromatic N) is 1. The lowest BCUT2D eigenvalue weighted by Gasteiger charge is -2.28. The van der Waals surface area contributed by atoms with E-state index in [4.69, 9.17) is 0 Å². The maximum atomic E-state index is 14.1. The maximum Gasteiger partial charge on any atom is 0.243 e. The molecule has 1 atom stereocenters. The molecule has 0 unspecified atom stereocenters. The molecule has 0 aromatic heterocycles. The highest BCUT2D eigenvalue weighted by molar-refractivity contribution is 7.99. The highest BCUT2D eigenvalue weighted by Gasteiger charge is 2.30. The van der Waals surface area contributed by atoms with Crippen molar-refractivity contribution < 1.29 is 17.6 Å². The standard InChI is InChI=1S/C18H27FN2O3S2/c1-14(18(22)20-12-13-25-15-8-4-3-5-9-15)21(26(2,23)24)17-11-7-6-10-16(17)19/h6-7,10-11,14-15H,3-5,8-9,12-13H2,1-2H3,(H,20,22)/t14-/m1/s1. The van der Waals surface area contributed by atoms with E-state index in [1.165, 1.54) is 57.2 Å². The first-order valence-corrected chi connectivity index (χ1v) is 11.8. The molecule has 1 saturated carbocycles. The Morgan fingerprint density at radius 1 is 1.31 bits per heavy atom. The number of benzene rings is 1. The minimum absolute atomic E-state index is 0.116. The van der Waals surface area contributed by atoms with Crippen LogP contribution in [0, 0.1) is 5.82 Å². The Morgan fingerprint density at radius 2 is 1.96 bits per heavy atom. The Hall–Kier alpha value is -1.28. The predicted octanol–water partition coefficient (Wildman–Crippen LogP) is 3.16. The summed E-state index contributed by atoms with van der Waals surface area (Å²) in [5.41, 5.74) is -0.116. The third kappa shape index (κ3) is 5.87. The number of anilines is 1. The number of amides is 1. The number of thioether (sulfide) groups is 1. The molecule has 1 aromatic carbocycles. The molecule has 0 spiro atoms. The first kappa shape index (κ1) is 21.0. The molecule has 1 fully saturated rings. The summed E-state index contributed by atoms with van der Waals surface area (Å²) >= 11 is 1.86. The lowest BCUT2D eigenvalue weighted by molar-refractivity contribution is -0.121. The van der Waals surface area contributed by atoms with E-state index >= 15 is 0 Å². The number of para-hydroxylation sites is 1. The van der Waals surface area contributed by atoms with Gasteiger partial charge in [-0.05, 0) is 31.9 Å². The SMILES string of the molecule is C[C@H](C(=O)NCCSC1CCCCC1)N(c1ccccc1F)S(C)(=O)=O. The van der Waals surface area contributed by atoms with Crippen LogP contribution in [0.3, 0.4) is 0 Å². The van der Waals surface area contributed by atoms with E-state index < -0.39 is 27.8 Å². The van der Waals surface area contributed by atoms with Crippen molar-refractivity contribution in [1.82, 2.24) is 5.32 Å². The number of halogens is 1. The van der Waals surface area contributed by atoms with E-state index in [1.54, 1.807) is 6.07 Å². The lowest BCUT2D eigenvalue weighted by atomic mass is 10.0. The van der Waals surface area contributed by atoms with E-state index in [2.05, 4.69) is 5.32 Å². The summed E-state index contributed by atoms with van der Waals surface area (Å²) in [6.07, 6.45) is 7.28. The fourth-order valence-corrected chi connectivity index (χ4v) is 5.59. The summed E-state index contributed by atoms with van der Waals surface area (Å²) in [5.74, 6) is -0.310. The van der Waals surface area contributed by atoms with E-state index in [-0.39, 0.29) is 5.69 Å². The molecular formula is C18H27FN2O3S2. The first-order valence-electron chi connectivity index (χ1n) is 8.94. The fourth-order valence-electron chi connectivity index (χ4n) is 3.19. The predicted molar refractivity (Wildman–Crippen MR) is 106 cm³/mol. The summed E-state index contributed by atoms with van der Waals surface area (Å²) in [7, 11) is -3.81. The van der Waals surface area contributed by atoms with Gasteiger partial charge in [0, 0.05) is 17.5 Å². The molecule has 8 heteroatoms. The number of hydrogen-bond donors (Lipinski definition) is 1. The van der Waals surface area contributed by atoms with Crippen LogP contribution in [0.2, 0.25) is 0 Å². The Morgan fingerprint density at radius 3 is 2.58 bits per heavy atom. The molecule has 0 bridgehead atoms. The van der Waals surface area contributed by atoms with Crippen LogP contribution in [0.25, 0.3) is 0 Å². The molecule has 0 saturated heterocycles. The van der Waals surface area contributed by atoms with Crippen molar-refractivity contribution in [2.24, 2.45) is 0 Å². The average molecular weight is 403 g/mol. The van der Waals surface area contributed by atoms with Crippen molar-refractivity contribution in [3.05, 3.63) is 30.1 Å². The second-order valence-electron chi connectivity index (χ2n) is 6.61. The third-order valence-corrected chi connectivity index (χ3v) is 7.10. The number of carbonyl (C=O) groups excluding carboxylic acids is 1. The molecule has 1 aliphatic carbocycles. The van der Waals surface area contributed by atoms with Crippen LogP contribution in [0.5, 0.6) is 0 Å². The van der Waals surface area contributed by atoms with Crippen molar-refractivity contribution in [2.75, 3.05) is 22.9 Å². The quantitative estimate of drug-likeness (QED) is 0.679. The van der Waals surface area contributed by atoms with Crippen molar-refractivity contribution in [3.63, 3.8) is 0 Å². The maximum absolute atomic E-state index is 14.1. The molecule has 146 valence electrons. The molecule has 2 rings (SSSR count). The van der Waals surface area contributed by atoms with Crippen molar-refractivity contribution >= 4 is 33.4 Å². The Labute approximate surface area is 159 Å². The van der Waals surface area contributed by atoms with Gasteiger partial charge in [-0.2, -0.15) is 11.8 Å². The average Bonchev–Trinajstić information content (AvgIpc) is 2.60. The van der Waals surface area contributed by atoms with Gasteiger partial charge in [0.15, 0.2) is 0 Å².